The maximum Gasteiger partial charge on any atom is 0.0391 e. The lowest BCUT2D eigenvalue weighted by atomic mass is 9.87. The van der Waals surface area contributed by atoms with E-state index in [0.717, 1.165) is 14.9 Å². The maximum absolute atomic E-state index is 4.49. The van der Waals surface area contributed by atoms with Crippen LogP contribution in [0.25, 0.3) is 0 Å². The predicted octanol–water partition coefficient (Wildman–Crippen LogP) is 7.56. The van der Waals surface area contributed by atoms with Crippen LogP contribution in [0.5, 0.6) is 0 Å². The van der Waals surface area contributed by atoms with Gasteiger partial charge in [0.2, 0.25) is 0 Å². The van der Waals surface area contributed by atoms with Crippen LogP contribution in [-0.4, -0.2) is 12.8 Å². The summed E-state index contributed by atoms with van der Waals surface area (Å²) in [6.45, 7) is 20.5. The molecule has 140 valence electrons. The highest BCUT2D eigenvalue weighted by atomic mass is 127. The van der Waals surface area contributed by atoms with Gasteiger partial charge in [0.05, 0.1) is 0 Å². The van der Waals surface area contributed by atoms with E-state index in [1.54, 1.807) is 0 Å². The normalized spacial score (nSPS) is 19.0. The Morgan fingerprint density at radius 2 is 1.81 bits per heavy atom. The second-order valence-electron chi connectivity index (χ2n) is 6.91. The zero-order valence-corrected chi connectivity index (χ0v) is 19.1. The van der Waals surface area contributed by atoms with Crippen LogP contribution in [0.2, 0.25) is 0 Å². The van der Waals surface area contributed by atoms with Gasteiger partial charge in [-0.25, -0.2) is 0 Å². The van der Waals surface area contributed by atoms with E-state index in [1.165, 1.54) is 35.1 Å². The number of aliphatic imine (C=N–C) groups is 1. The van der Waals surface area contributed by atoms with Crippen molar-refractivity contribution < 1.29 is 0 Å². The molecule has 0 radical (unpaired) electrons. The van der Waals surface area contributed by atoms with Gasteiger partial charge in [0, 0.05) is 21.9 Å². The molecule has 0 N–H and O–H groups in total. The van der Waals surface area contributed by atoms with Gasteiger partial charge in [-0.1, -0.05) is 50.5 Å². The summed E-state index contributed by atoms with van der Waals surface area (Å²) in [5.41, 5.74) is 7.32. The quantitative estimate of drug-likeness (QED) is 0.191. The topological polar surface area (TPSA) is 12.4 Å². The third-order valence-corrected chi connectivity index (χ3v) is 5.46. The number of rotatable bonds is 9. The van der Waals surface area contributed by atoms with Crippen molar-refractivity contribution in [2.45, 2.75) is 40.5 Å². The second kappa shape index (κ2) is 10.7. The Kier molecular flexibility index (Phi) is 9.28. The number of hydrogen-bond acceptors (Lipinski definition) is 1. The van der Waals surface area contributed by atoms with E-state index < -0.39 is 0 Å². The van der Waals surface area contributed by atoms with Crippen molar-refractivity contribution in [1.82, 2.24) is 0 Å². The number of allylic oxidation sites excluding steroid dienone is 11. The van der Waals surface area contributed by atoms with Crippen molar-refractivity contribution in [3.05, 3.63) is 81.6 Å². The van der Waals surface area contributed by atoms with Crippen LogP contribution in [-0.2, 0) is 0 Å². The molecule has 1 aliphatic rings. The molecule has 26 heavy (non-hydrogen) atoms. The third kappa shape index (κ3) is 6.39. The Morgan fingerprint density at radius 1 is 1.19 bits per heavy atom. The van der Waals surface area contributed by atoms with E-state index in [2.05, 4.69) is 87.2 Å². The largest absolute Gasteiger partial charge is 0.293 e. The average Bonchev–Trinajstić information content (AvgIpc) is 3.43. The fourth-order valence-electron chi connectivity index (χ4n) is 2.90. The van der Waals surface area contributed by atoms with E-state index >= 15 is 0 Å². The molecule has 1 unspecified atom stereocenters. The Labute approximate surface area is 173 Å². The van der Waals surface area contributed by atoms with Gasteiger partial charge in [0.15, 0.2) is 0 Å². The minimum atomic E-state index is 0.281. The molecule has 0 aliphatic heterocycles. The lowest BCUT2D eigenvalue weighted by molar-refractivity contribution is 0.860. The molecule has 1 saturated carbocycles. The SMILES string of the molecule is C=C/C=C(I)\C=C(/C=C)C(C)\C=C(C(/C(C)=N\C)=C(\C)C(=C)C)\C1CC1. The first-order valence-electron chi connectivity index (χ1n) is 9.11. The summed E-state index contributed by atoms with van der Waals surface area (Å²) in [7, 11) is 1.87. The average molecular weight is 461 g/mol. The molecule has 0 heterocycles. The van der Waals surface area contributed by atoms with Gasteiger partial charge in [-0.3, -0.25) is 4.99 Å². The molecule has 2 heteroatoms. The van der Waals surface area contributed by atoms with Crippen LogP contribution in [0.1, 0.15) is 40.5 Å². The summed E-state index contributed by atoms with van der Waals surface area (Å²) in [6, 6.07) is 0. The molecule has 1 nitrogen and oxygen atoms in total. The molecule has 0 aromatic rings. The first-order valence-corrected chi connectivity index (χ1v) is 10.2. The van der Waals surface area contributed by atoms with Gasteiger partial charge in [0.25, 0.3) is 0 Å². The Morgan fingerprint density at radius 3 is 2.23 bits per heavy atom. The van der Waals surface area contributed by atoms with Crippen LogP contribution in [0, 0.1) is 11.8 Å². The smallest absolute Gasteiger partial charge is 0.0391 e. The molecule has 0 aromatic carbocycles. The van der Waals surface area contributed by atoms with Crippen LogP contribution < -0.4 is 0 Å². The minimum absolute atomic E-state index is 0.281. The molecule has 0 saturated heterocycles. The number of nitrogens with zero attached hydrogens (tertiary/aromatic N) is 1. The Hall–Kier alpha value is -1.42. The lowest BCUT2D eigenvalue weighted by Gasteiger charge is -2.19. The molecule has 0 spiro atoms. The minimum Gasteiger partial charge on any atom is -0.293 e. The Balaban J connectivity index is 3.45. The van der Waals surface area contributed by atoms with Crippen molar-refractivity contribution >= 4 is 28.3 Å². The number of halogens is 1. The van der Waals surface area contributed by atoms with Gasteiger partial charge in [-0.2, -0.15) is 0 Å². The summed E-state index contributed by atoms with van der Waals surface area (Å²) >= 11 is 2.33. The fraction of sp³-hybridized carbons (Fsp3) is 0.375. The first-order chi connectivity index (χ1) is 12.3. The third-order valence-electron chi connectivity index (χ3n) is 4.79. The second-order valence-corrected chi connectivity index (χ2v) is 8.16. The zero-order chi connectivity index (χ0) is 19.9. The van der Waals surface area contributed by atoms with Gasteiger partial charge >= 0.3 is 0 Å². The maximum atomic E-state index is 4.49. The van der Waals surface area contributed by atoms with Crippen LogP contribution >= 0.6 is 22.6 Å². The molecule has 0 bridgehead atoms. The highest BCUT2D eigenvalue weighted by Gasteiger charge is 2.30. The summed E-state index contributed by atoms with van der Waals surface area (Å²) < 4.78 is 1.15. The molecular weight excluding hydrogens is 429 g/mol. The van der Waals surface area contributed by atoms with Crippen LogP contribution in [0.3, 0.4) is 0 Å². The number of hydrogen-bond donors (Lipinski definition) is 0. The van der Waals surface area contributed by atoms with E-state index in [9.17, 15) is 0 Å². The highest BCUT2D eigenvalue weighted by molar-refractivity contribution is 14.1. The standard InChI is InChI=1S/C24H32IN/c1-9-11-22(25)15-20(10-2)17(5)14-23(21-12-13-21)24(19(7)26-8)18(6)16(3)4/h9-11,14-15,17,21H,1-3,12-13H2,4-8H3/b20-15+,22-11+,23-14-,24-18+,26-19-. The van der Waals surface area contributed by atoms with Crippen LogP contribution in [0.4, 0.5) is 0 Å². The monoisotopic (exact) mass is 461 g/mol. The van der Waals surface area contributed by atoms with Gasteiger partial charge < -0.3 is 0 Å². The van der Waals surface area contributed by atoms with Crippen LogP contribution in [0.15, 0.2) is 86.6 Å². The molecule has 0 amide bonds. The lowest BCUT2D eigenvalue weighted by Crippen LogP contribution is -2.09. The fourth-order valence-corrected chi connectivity index (χ4v) is 3.52. The van der Waals surface area contributed by atoms with Crippen molar-refractivity contribution in [1.29, 1.82) is 0 Å². The molecule has 1 atom stereocenters. The molecule has 1 rings (SSSR count). The van der Waals surface area contributed by atoms with E-state index in [-0.39, 0.29) is 5.92 Å². The molecule has 0 aromatic heterocycles. The summed E-state index contributed by atoms with van der Waals surface area (Å²) in [4.78, 5) is 4.49. The van der Waals surface area contributed by atoms with Crippen molar-refractivity contribution in [3.8, 4) is 0 Å². The van der Waals surface area contributed by atoms with Gasteiger partial charge in [0.1, 0.15) is 0 Å². The molecule has 1 aliphatic carbocycles. The van der Waals surface area contributed by atoms with E-state index in [0.29, 0.717) is 5.92 Å². The molecule has 1 fully saturated rings. The van der Waals surface area contributed by atoms with E-state index in [1.807, 2.05) is 25.3 Å². The van der Waals surface area contributed by atoms with Crippen molar-refractivity contribution in [2.24, 2.45) is 16.8 Å². The zero-order valence-electron chi connectivity index (χ0n) is 16.9. The summed E-state index contributed by atoms with van der Waals surface area (Å²) in [5.74, 6) is 0.913. The van der Waals surface area contributed by atoms with Crippen molar-refractivity contribution in [3.63, 3.8) is 0 Å². The summed E-state index contributed by atoms with van der Waals surface area (Å²) in [5, 5.41) is 0. The van der Waals surface area contributed by atoms with Crippen molar-refractivity contribution in [2.75, 3.05) is 7.05 Å². The first kappa shape index (κ1) is 22.6. The summed E-state index contributed by atoms with van der Waals surface area (Å²) in [6.07, 6.45) is 12.9. The predicted molar refractivity (Wildman–Crippen MR) is 127 cm³/mol. The molecular formula is C24H32IN. The van der Waals surface area contributed by atoms with Gasteiger partial charge in [-0.15, -0.1) is 0 Å². The van der Waals surface area contributed by atoms with Gasteiger partial charge in [-0.05, 0) is 96.9 Å². The highest BCUT2D eigenvalue weighted by Crippen LogP contribution is 2.43. The Bertz CT molecular complexity index is 721. The van der Waals surface area contributed by atoms with E-state index in [4.69, 9.17) is 0 Å².